The molecule has 5 rings (SSSR count). The van der Waals surface area contributed by atoms with Gasteiger partial charge in [-0.05, 0) is 38.8 Å². The molecule has 12 heteroatoms. The number of carbonyl (C=O) groups is 1. The van der Waals surface area contributed by atoms with Crippen molar-refractivity contribution in [3.63, 3.8) is 0 Å². The Kier molecular flexibility index (Phi) is 5.67. The highest BCUT2D eigenvalue weighted by atomic mass is 32.2. The van der Waals surface area contributed by atoms with Gasteiger partial charge in [0.2, 0.25) is 15.9 Å². The molecule has 0 spiro atoms. The van der Waals surface area contributed by atoms with Crippen LogP contribution in [0.25, 0.3) is 22.4 Å². The van der Waals surface area contributed by atoms with Gasteiger partial charge in [-0.25, -0.2) is 23.4 Å². The fourth-order valence-corrected chi connectivity index (χ4v) is 4.33. The second-order valence-corrected chi connectivity index (χ2v) is 10.7. The Morgan fingerprint density at radius 2 is 1.97 bits per heavy atom. The Hall–Kier alpha value is -3.93. The molecule has 0 bridgehead atoms. The topological polar surface area (TPSA) is 147 Å². The van der Waals surface area contributed by atoms with Crippen molar-refractivity contribution >= 4 is 50.0 Å². The van der Waals surface area contributed by atoms with Crippen LogP contribution in [0.15, 0.2) is 36.8 Å². The van der Waals surface area contributed by atoms with Crippen LogP contribution in [0.1, 0.15) is 25.6 Å². The Morgan fingerprint density at radius 3 is 2.66 bits per heavy atom. The third-order valence-electron chi connectivity index (χ3n) is 5.71. The maximum absolute atomic E-state index is 12.5. The van der Waals surface area contributed by atoms with Crippen LogP contribution in [-0.2, 0) is 21.9 Å². The number of fused-ring (bicyclic) bond motifs is 1. The maximum atomic E-state index is 12.5. The summed E-state index contributed by atoms with van der Waals surface area (Å²) in [5, 5.41) is 6.16. The molecule has 0 atom stereocenters. The van der Waals surface area contributed by atoms with Crippen LogP contribution in [0.4, 0.5) is 22.9 Å². The van der Waals surface area contributed by atoms with Gasteiger partial charge < -0.3 is 20.2 Å². The highest BCUT2D eigenvalue weighted by Crippen LogP contribution is 2.35. The molecule has 1 fully saturated rings. The summed E-state index contributed by atoms with van der Waals surface area (Å²) in [6, 6.07) is 7.10. The summed E-state index contributed by atoms with van der Waals surface area (Å²) in [6.45, 7) is 3.39. The molecule has 35 heavy (non-hydrogen) atoms. The number of pyridine rings is 1. The van der Waals surface area contributed by atoms with E-state index in [1.165, 1.54) is 0 Å². The standard InChI is InChI=1S/C23H26N8O3S/c1-4-35(33,34)30-17-9-15(19-11-31(3)12-24-19)7-8-16(17)27-18-10-20(29-23(32)14-5-6-14)28-22-21(18)25-13(2)26-22/h7-12,14,30H,4-6H2,1-3H3,(H3,25,26,27,28,29,32). The number of hydrogen-bond donors (Lipinski definition) is 4. The average molecular weight is 495 g/mol. The third kappa shape index (κ3) is 4.97. The summed E-state index contributed by atoms with van der Waals surface area (Å²) in [5.74, 6) is 0.935. The van der Waals surface area contributed by atoms with Crippen LogP contribution < -0.4 is 15.4 Å². The molecular weight excluding hydrogens is 468 g/mol. The van der Waals surface area contributed by atoms with Gasteiger partial charge in [0, 0.05) is 30.8 Å². The van der Waals surface area contributed by atoms with E-state index >= 15 is 0 Å². The van der Waals surface area contributed by atoms with Gasteiger partial charge in [0.05, 0.1) is 34.8 Å². The number of rotatable bonds is 8. The van der Waals surface area contributed by atoms with Crippen LogP contribution in [0, 0.1) is 12.8 Å². The number of amides is 1. The number of aryl methyl sites for hydroxylation is 2. The smallest absolute Gasteiger partial charge is 0.232 e. The molecule has 1 aliphatic carbocycles. The van der Waals surface area contributed by atoms with Crippen LogP contribution in [-0.4, -0.2) is 44.6 Å². The molecule has 1 aromatic carbocycles. The van der Waals surface area contributed by atoms with Gasteiger partial charge in [-0.1, -0.05) is 6.07 Å². The number of carbonyl (C=O) groups excluding carboxylic acids is 1. The summed E-state index contributed by atoms with van der Waals surface area (Å²) in [6.07, 6.45) is 5.30. The molecule has 0 unspecified atom stereocenters. The third-order valence-corrected chi connectivity index (χ3v) is 7.01. The minimum Gasteiger partial charge on any atom is -0.352 e. The molecule has 1 amide bonds. The lowest BCUT2D eigenvalue weighted by Gasteiger charge is -2.16. The van der Waals surface area contributed by atoms with Crippen LogP contribution in [0.5, 0.6) is 0 Å². The number of benzene rings is 1. The SMILES string of the molecule is CCS(=O)(=O)Nc1cc(-c2cn(C)cn2)ccc1Nc1cc(NC(=O)C2CC2)nc2nc(C)[nH]c12. The first kappa shape index (κ1) is 22.8. The Bertz CT molecular complexity index is 1540. The number of nitrogens with zero attached hydrogens (tertiary/aromatic N) is 4. The molecule has 3 aromatic heterocycles. The Balaban J connectivity index is 1.56. The number of aromatic amines is 1. The quantitative estimate of drug-likeness (QED) is 0.293. The van der Waals surface area contributed by atoms with Crippen LogP contribution in [0.3, 0.4) is 0 Å². The summed E-state index contributed by atoms with van der Waals surface area (Å²) < 4.78 is 29.4. The molecule has 1 saturated carbocycles. The predicted octanol–water partition coefficient (Wildman–Crippen LogP) is 3.52. The zero-order valence-electron chi connectivity index (χ0n) is 19.6. The predicted molar refractivity (Wildman–Crippen MR) is 135 cm³/mol. The van der Waals surface area contributed by atoms with E-state index < -0.39 is 10.0 Å². The number of aromatic nitrogens is 5. The minimum atomic E-state index is -3.55. The molecule has 3 heterocycles. The van der Waals surface area contributed by atoms with Crippen molar-refractivity contribution in [2.45, 2.75) is 26.7 Å². The van der Waals surface area contributed by atoms with E-state index in [1.807, 2.05) is 30.8 Å². The van der Waals surface area contributed by atoms with Gasteiger partial charge >= 0.3 is 0 Å². The van der Waals surface area contributed by atoms with Crippen molar-refractivity contribution < 1.29 is 13.2 Å². The number of imidazole rings is 2. The van der Waals surface area contributed by atoms with E-state index in [0.717, 1.165) is 24.1 Å². The summed E-state index contributed by atoms with van der Waals surface area (Å²) in [4.78, 5) is 28.7. The van der Waals surface area contributed by atoms with Crippen molar-refractivity contribution in [3.8, 4) is 11.3 Å². The van der Waals surface area contributed by atoms with Gasteiger partial charge in [-0.15, -0.1) is 0 Å². The minimum absolute atomic E-state index is 0.0269. The summed E-state index contributed by atoms with van der Waals surface area (Å²) in [5.41, 5.74) is 4.07. The molecule has 0 radical (unpaired) electrons. The lowest BCUT2D eigenvalue weighted by atomic mass is 10.1. The number of sulfonamides is 1. The molecule has 0 saturated heterocycles. The van der Waals surface area contributed by atoms with E-state index in [4.69, 9.17) is 0 Å². The zero-order valence-corrected chi connectivity index (χ0v) is 20.4. The monoisotopic (exact) mass is 494 g/mol. The first-order valence-corrected chi connectivity index (χ1v) is 12.9. The normalized spacial score (nSPS) is 13.7. The fraction of sp³-hybridized carbons (Fsp3) is 0.304. The van der Waals surface area contributed by atoms with Gasteiger partial charge in [0.1, 0.15) is 17.2 Å². The Morgan fingerprint density at radius 1 is 1.17 bits per heavy atom. The Labute approximate surface area is 202 Å². The van der Waals surface area contributed by atoms with Crippen molar-refractivity contribution in [1.82, 2.24) is 24.5 Å². The van der Waals surface area contributed by atoms with Crippen molar-refractivity contribution in [2.24, 2.45) is 13.0 Å². The van der Waals surface area contributed by atoms with E-state index in [0.29, 0.717) is 39.9 Å². The first-order valence-electron chi connectivity index (χ1n) is 11.3. The van der Waals surface area contributed by atoms with Crippen molar-refractivity contribution in [1.29, 1.82) is 0 Å². The largest absolute Gasteiger partial charge is 0.352 e. The fourth-order valence-electron chi connectivity index (χ4n) is 3.68. The zero-order chi connectivity index (χ0) is 24.7. The molecule has 1 aliphatic rings. The number of nitrogens with one attached hydrogen (secondary N) is 4. The van der Waals surface area contributed by atoms with Crippen LogP contribution >= 0.6 is 0 Å². The summed E-state index contributed by atoms with van der Waals surface area (Å²) >= 11 is 0. The van der Waals surface area contributed by atoms with E-state index in [1.54, 1.807) is 31.5 Å². The number of hydrogen-bond acceptors (Lipinski definition) is 7. The van der Waals surface area contributed by atoms with Gasteiger partial charge in [0.25, 0.3) is 0 Å². The maximum Gasteiger partial charge on any atom is 0.232 e. The second-order valence-electron chi connectivity index (χ2n) is 8.65. The van der Waals surface area contributed by atoms with E-state index in [-0.39, 0.29) is 17.6 Å². The highest BCUT2D eigenvalue weighted by molar-refractivity contribution is 7.92. The molecule has 0 aliphatic heterocycles. The van der Waals surface area contributed by atoms with Gasteiger partial charge in [0.15, 0.2) is 5.65 Å². The lowest BCUT2D eigenvalue weighted by Crippen LogP contribution is -2.16. The van der Waals surface area contributed by atoms with Gasteiger partial charge in [-0.3, -0.25) is 9.52 Å². The molecule has 4 aromatic rings. The average Bonchev–Trinajstić information content (AvgIpc) is 3.47. The first-order chi connectivity index (χ1) is 16.7. The lowest BCUT2D eigenvalue weighted by molar-refractivity contribution is -0.117. The van der Waals surface area contributed by atoms with E-state index in [2.05, 4.69) is 35.3 Å². The summed E-state index contributed by atoms with van der Waals surface area (Å²) in [7, 11) is -1.68. The van der Waals surface area contributed by atoms with Gasteiger partial charge in [-0.2, -0.15) is 0 Å². The molecule has 182 valence electrons. The molecule has 4 N–H and O–H groups in total. The van der Waals surface area contributed by atoms with E-state index in [9.17, 15) is 13.2 Å². The van der Waals surface area contributed by atoms with Crippen molar-refractivity contribution in [2.75, 3.05) is 21.1 Å². The molecule has 11 nitrogen and oxygen atoms in total. The molecular formula is C23H26N8O3S. The van der Waals surface area contributed by atoms with Crippen molar-refractivity contribution in [3.05, 3.63) is 42.6 Å². The second kappa shape index (κ2) is 8.69. The number of H-pyrrole nitrogens is 1. The highest BCUT2D eigenvalue weighted by Gasteiger charge is 2.30. The number of anilines is 4. The van der Waals surface area contributed by atoms with Crippen LogP contribution in [0.2, 0.25) is 0 Å².